The highest BCUT2D eigenvalue weighted by Gasteiger charge is 2.16. The average Bonchev–Trinajstić information content (AvgIpc) is 2.32. The summed E-state index contributed by atoms with van der Waals surface area (Å²) in [6.45, 7) is 2.13. The van der Waals surface area contributed by atoms with Crippen molar-refractivity contribution in [1.29, 1.82) is 0 Å². The van der Waals surface area contributed by atoms with E-state index in [1.54, 1.807) is 6.92 Å². The minimum Gasteiger partial charge on any atom is -0.477 e. The van der Waals surface area contributed by atoms with Gasteiger partial charge in [-0.3, -0.25) is 14.2 Å². The minimum atomic E-state index is -1.36. The number of fused-ring (bicyclic) bond motifs is 1. The maximum atomic E-state index is 13.3. The number of hydrogen-bond acceptors (Lipinski definition) is 3. The van der Waals surface area contributed by atoms with Crippen molar-refractivity contribution in [2.24, 2.45) is 0 Å². The van der Waals surface area contributed by atoms with Crippen LogP contribution in [0, 0.1) is 5.82 Å². The number of aryl methyl sites for hydroxylation is 1. The molecule has 0 aromatic carbocycles. The fraction of sp³-hybridized carbons (Fsp3) is 0.182. The first-order valence-electron chi connectivity index (χ1n) is 5.08. The summed E-state index contributed by atoms with van der Waals surface area (Å²) in [5.41, 5.74) is -1.03. The van der Waals surface area contributed by atoms with Crippen LogP contribution in [0.2, 0.25) is 5.15 Å². The first kappa shape index (κ1) is 21.3. The first-order chi connectivity index (χ1) is 8.45. The first-order valence-corrected chi connectivity index (χ1v) is 5.46. The second-order valence-electron chi connectivity index (χ2n) is 3.60. The van der Waals surface area contributed by atoms with Gasteiger partial charge < -0.3 is 9.67 Å². The molecule has 2 aromatic rings. The number of aromatic nitrogens is 2. The number of hydrogen-bond donors (Lipinski definition) is 1. The maximum absolute atomic E-state index is 13.3. The Morgan fingerprint density at radius 2 is 2.05 bits per heavy atom. The summed E-state index contributed by atoms with van der Waals surface area (Å²) in [6, 6.07) is 0.908. The Labute approximate surface area is 123 Å². The van der Waals surface area contributed by atoms with Gasteiger partial charge >= 0.3 is 5.97 Å². The van der Waals surface area contributed by atoms with Crippen LogP contribution in [0.3, 0.4) is 0 Å². The standard InChI is InChI=1S/C11H8ClFN2O3.BH3.2FH/c1-2-15-4-6(11(17)18)8(16)5-3-7(13)9(12)14-10(5)15;;;/h3-4H,2H2,1H3,(H,17,18);1H3;2*1H. The van der Waals surface area contributed by atoms with Crippen LogP contribution in [0.15, 0.2) is 17.1 Å². The van der Waals surface area contributed by atoms with Crippen LogP contribution in [0.4, 0.5) is 13.8 Å². The molecule has 5 nitrogen and oxygen atoms in total. The molecule has 0 bridgehead atoms. The van der Waals surface area contributed by atoms with Gasteiger partial charge in [-0.1, -0.05) is 11.6 Å². The van der Waals surface area contributed by atoms with Crippen LogP contribution in [-0.4, -0.2) is 29.0 Å². The average molecular weight is 324 g/mol. The highest BCUT2D eigenvalue weighted by atomic mass is 35.5. The summed E-state index contributed by atoms with van der Waals surface area (Å²) >= 11 is 5.55. The predicted molar refractivity (Wildman–Crippen MR) is 78.5 cm³/mol. The van der Waals surface area contributed by atoms with Crippen molar-refractivity contribution >= 4 is 37.0 Å². The lowest BCUT2D eigenvalue weighted by molar-refractivity contribution is 0.0695. The van der Waals surface area contributed by atoms with Gasteiger partial charge in [-0.2, -0.15) is 0 Å². The normalized spacial score (nSPS) is 9.29. The van der Waals surface area contributed by atoms with Crippen LogP contribution in [0.5, 0.6) is 0 Å². The van der Waals surface area contributed by atoms with E-state index < -0.39 is 22.8 Å². The zero-order valence-electron chi connectivity index (χ0n) is 10.1. The van der Waals surface area contributed by atoms with Gasteiger partial charge in [-0.05, 0) is 13.0 Å². The second kappa shape index (κ2) is 7.68. The summed E-state index contributed by atoms with van der Waals surface area (Å²) in [5, 5.41) is 8.46. The highest BCUT2D eigenvalue weighted by molar-refractivity contribution is 6.29. The lowest BCUT2D eigenvalue weighted by Gasteiger charge is -2.09. The Hall–Kier alpha value is -2.03. The van der Waals surface area contributed by atoms with Gasteiger partial charge in [0.15, 0.2) is 11.0 Å². The highest BCUT2D eigenvalue weighted by Crippen LogP contribution is 2.17. The van der Waals surface area contributed by atoms with Crippen molar-refractivity contribution in [3.8, 4) is 0 Å². The molecule has 0 atom stereocenters. The molecule has 0 fully saturated rings. The molecule has 2 heterocycles. The van der Waals surface area contributed by atoms with Crippen molar-refractivity contribution in [3.05, 3.63) is 39.0 Å². The molecule has 0 unspecified atom stereocenters. The van der Waals surface area contributed by atoms with Gasteiger partial charge in [-0.25, -0.2) is 14.2 Å². The van der Waals surface area contributed by atoms with Crippen LogP contribution < -0.4 is 5.43 Å². The van der Waals surface area contributed by atoms with Crippen LogP contribution >= 0.6 is 11.6 Å². The summed E-state index contributed by atoms with van der Waals surface area (Å²) < 4.78 is 14.7. The van der Waals surface area contributed by atoms with E-state index >= 15 is 0 Å². The Morgan fingerprint density at radius 1 is 1.48 bits per heavy atom. The smallest absolute Gasteiger partial charge is 0.341 e. The molecule has 0 spiro atoms. The van der Waals surface area contributed by atoms with E-state index in [-0.39, 0.29) is 34.0 Å². The Balaban J connectivity index is 0. The molecule has 0 saturated heterocycles. The lowest BCUT2D eigenvalue weighted by Crippen LogP contribution is -2.19. The monoisotopic (exact) mass is 324 g/mol. The largest absolute Gasteiger partial charge is 0.477 e. The number of pyridine rings is 2. The summed E-state index contributed by atoms with van der Waals surface area (Å²) in [5.74, 6) is -2.22. The molecule has 0 aliphatic heterocycles. The van der Waals surface area contributed by atoms with E-state index in [0.717, 1.165) is 6.07 Å². The van der Waals surface area contributed by atoms with Gasteiger partial charge in [0.25, 0.3) is 0 Å². The fourth-order valence-electron chi connectivity index (χ4n) is 1.66. The summed E-state index contributed by atoms with van der Waals surface area (Å²) in [6.07, 6.45) is 1.17. The lowest BCUT2D eigenvalue weighted by atomic mass is 10.2. The Kier molecular flexibility index (Phi) is 7.78. The van der Waals surface area contributed by atoms with E-state index in [0.29, 0.717) is 6.54 Å². The number of rotatable bonds is 2. The third-order valence-corrected chi connectivity index (χ3v) is 2.80. The number of aromatic carboxylic acids is 1. The third-order valence-electron chi connectivity index (χ3n) is 2.53. The van der Waals surface area contributed by atoms with Crippen molar-refractivity contribution < 1.29 is 23.7 Å². The SMILES string of the molecule is B.CCn1cc(C(=O)O)c(=O)c2cc(F)c(Cl)nc21.F.F. The molecule has 0 radical (unpaired) electrons. The molecule has 10 heteroatoms. The van der Waals surface area contributed by atoms with Gasteiger partial charge in [-0.15, -0.1) is 0 Å². The van der Waals surface area contributed by atoms with E-state index in [2.05, 4.69) is 4.98 Å². The molecule has 0 amide bonds. The topological polar surface area (TPSA) is 72.2 Å². The van der Waals surface area contributed by atoms with E-state index in [9.17, 15) is 14.0 Å². The molecule has 2 rings (SSSR count). The Bertz CT molecular complexity index is 724. The quantitative estimate of drug-likeness (QED) is 0.661. The van der Waals surface area contributed by atoms with Gasteiger partial charge in [0.1, 0.15) is 11.2 Å². The van der Waals surface area contributed by atoms with E-state index in [1.807, 2.05) is 0 Å². The number of nitrogens with zero attached hydrogens (tertiary/aromatic N) is 2. The zero-order valence-corrected chi connectivity index (χ0v) is 10.8. The van der Waals surface area contributed by atoms with Crippen molar-refractivity contribution in [3.63, 3.8) is 0 Å². The number of carboxylic acids is 1. The van der Waals surface area contributed by atoms with E-state index in [1.165, 1.54) is 10.8 Å². The number of halogens is 4. The molecule has 21 heavy (non-hydrogen) atoms. The molecule has 0 saturated carbocycles. The summed E-state index contributed by atoms with van der Waals surface area (Å²) in [7, 11) is 0. The summed E-state index contributed by atoms with van der Waals surface area (Å²) in [4.78, 5) is 26.6. The third kappa shape index (κ3) is 3.54. The van der Waals surface area contributed by atoms with Crippen LogP contribution in [0.25, 0.3) is 11.0 Å². The van der Waals surface area contributed by atoms with Crippen molar-refractivity contribution in [2.45, 2.75) is 13.5 Å². The maximum Gasteiger partial charge on any atom is 0.341 e. The molecule has 0 aliphatic rings. The molecular weight excluding hydrogens is 311 g/mol. The second-order valence-corrected chi connectivity index (χ2v) is 3.95. The van der Waals surface area contributed by atoms with Gasteiger partial charge in [0, 0.05) is 12.7 Å². The number of carbonyl (C=O) groups is 1. The molecule has 2 aromatic heterocycles. The van der Waals surface area contributed by atoms with E-state index in [4.69, 9.17) is 16.7 Å². The van der Waals surface area contributed by atoms with Crippen molar-refractivity contribution in [2.75, 3.05) is 0 Å². The minimum absolute atomic E-state index is 0. The molecule has 0 aliphatic carbocycles. The van der Waals surface area contributed by atoms with Crippen LogP contribution in [-0.2, 0) is 6.54 Å². The molecule has 1 N–H and O–H groups in total. The van der Waals surface area contributed by atoms with Crippen molar-refractivity contribution in [1.82, 2.24) is 9.55 Å². The predicted octanol–water partition coefficient (Wildman–Crippen LogP) is 1.03. The van der Waals surface area contributed by atoms with Crippen LogP contribution in [0.1, 0.15) is 17.3 Å². The zero-order chi connectivity index (χ0) is 13.4. The molecule has 116 valence electrons. The molecular formula is C11H13BClF3N2O3. The Morgan fingerprint density at radius 3 is 2.52 bits per heavy atom. The fourth-order valence-corrected chi connectivity index (χ4v) is 1.79. The van der Waals surface area contributed by atoms with Gasteiger partial charge in [0.05, 0.1) is 13.8 Å². The number of carboxylic acid groups (broad SMARTS) is 1. The van der Waals surface area contributed by atoms with Gasteiger partial charge in [0.2, 0.25) is 5.43 Å².